The summed E-state index contributed by atoms with van der Waals surface area (Å²) in [4.78, 5) is 15.2. The summed E-state index contributed by atoms with van der Waals surface area (Å²) in [6.45, 7) is 4.49. The predicted molar refractivity (Wildman–Crippen MR) is 214 cm³/mol. The van der Waals surface area contributed by atoms with E-state index >= 15 is 0 Å². The molecule has 4 nitrogen and oxygen atoms in total. The molecule has 7 aromatic carbocycles. The molecule has 0 aliphatic heterocycles. The van der Waals surface area contributed by atoms with Gasteiger partial charge in [0.15, 0.2) is 17.5 Å². The van der Waals surface area contributed by atoms with Crippen molar-refractivity contribution in [1.29, 1.82) is 0 Å². The first kappa shape index (κ1) is 31.3. The van der Waals surface area contributed by atoms with Crippen LogP contribution >= 0.6 is 0 Å². The van der Waals surface area contributed by atoms with Gasteiger partial charge < -0.3 is 4.42 Å². The predicted octanol–water partition coefficient (Wildman–Crippen LogP) is 12.9. The van der Waals surface area contributed by atoms with Gasteiger partial charge in [0.25, 0.3) is 0 Å². The van der Waals surface area contributed by atoms with Crippen molar-refractivity contribution in [3.63, 3.8) is 0 Å². The molecule has 0 fully saturated rings. The highest BCUT2D eigenvalue weighted by atomic mass is 16.3. The van der Waals surface area contributed by atoms with Crippen molar-refractivity contribution in [2.24, 2.45) is 0 Å². The van der Waals surface area contributed by atoms with Gasteiger partial charge in [-0.15, -0.1) is 0 Å². The van der Waals surface area contributed by atoms with Crippen LogP contribution in [-0.2, 0) is 0 Å². The number of hydrogen-bond donors (Lipinski definition) is 0. The van der Waals surface area contributed by atoms with Crippen LogP contribution in [0.1, 0.15) is 25.3 Å². The van der Waals surface area contributed by atoms with Crippen LogP contribution in [0, 0.1) is 0 Å². The van der Waals surface area contributed by atoms with Crippen molar-refractivity contribution in [2.45, 2.75) is 19.8 Å². The number of furan rings is 1. The first-order valence-corrected chi connectivity index (χ1v) is 17.7. The molecule has 9 rings (SSSR count). The van der Waals surface area contributed by atoms with Gasteiger partial charge in [0.05, 0.1) is 0 Å². The summed E-state index contributed by atoms with van der Waals surface area (Å²) in [6, 6.07) is 59.0. The highest BCUT2D eigenvalue weighted by molar-refractivity contribution is 6.12. The first-order chi connectivity index (χ1) is 25.6. The van der Waals surface area contributed by atoms with Crippen LogP contribution in [0.5, 0.6) is 0 Å². The molecule has 248 valence electrons. The Bertz CT molecular complexity index is 2680. The highest BCUT2D eigenvalue weighted by Gasteiger charge is 2.19. The van der Waals surface area contributed by atoms with Crippen LogP contribution < -0.4 is 0 Å². The van der Waals surface area contributed by atoms with Crippen LogP contribution in [0.3, 0.4) is 0 Å². The van der Waals surface area contributed by atoms with Gasteiger partial charge >= 0.3 is 0 Å². The van der Waals surface area contributed by atoms with Crippen molar-refractivity contribution in [2.75, 3.05) is 0 Å². The van der Waals surface area contributed by atoms with Crippen LogP contribution in [0.15, 0.2) is 174 Å². The van der Waals surface area contributed by atoms with Gasteiger partial charge in [-0.3, -0.25) is 0 Å². The molecule has 0 unspecified atom stereocenters. The summed E-state index contributed by atoms with van der Waals surface area (Å²) in [5, 5.41) is 2.01. The average molecular weight is 670 g/mol. The fraction of sp³-hybridized carbons (Fsp3) is 0.0625. The Balaban J connectivity index is 1.21. The molecule has 0 aliphatic rings. The van der Waals surface area contributed by atoms with Gasteiger partial charge in [0, 0.05) is 27.5 Å². The molecule has 52 heavy (non-hydrogen) atoms. The van der Waals surface area contributed by atoms with E-state index in [1.165, 1.54) is 27.8 Å². The molecule has 0 spiro atoms. The van der Waals surface area contributed by atoms with Gasteiger partial charge in [0.2, 0.25) is 0 Å². The Morgan fingerprint density at radius 3 is 1.52 bits per heavy atom. The minimum atomic E-state index is 0.388. The maximum absolute atomic E-state index is 6.47. The fourth-order valence-electron chi connectivity index (χ4n) is 6.93. The van der Waals surface area contributed by atoms with Crippen molar-refractivity contribution in [3.05, 3.63) is 175 Å². The van der Waals surface area contributed by atoms with E-state index in [0.717, 1.165) is 49.8 Å². The van der Waals surface area contributed by atoms with E-state index in [0.29, 0.717) is 23.4 Å². The zero-order chi connectivity index (χ0) is 35.0. The molecular weight excluding hydrogens is 635 g/mol. The van der Waals surface area contributed by atoms with Gasteiger partial charge in [0.1, 0.15) is 11.2 Å². The second kappa shape index (κ2) is 13.2. The van der Waals surface area contributed by atoms with Crippen LogP contribution in [0.4, 0.5) is 0 Å². The summed E-state index contributed by atoms with van der Waals surface area (Å²) in [5.74, 6) is 2.23. The van der Waals surface area contributed by atoms with Gasteiger partial charge in [-0.05, 0) is 69.1 Å². The molecule has 0 atom stereocenters. The smallest absolute Gasteiger partial charge is 0.164 e. The maximum atomic E-state index is 6.47. The SMILES string of the molecule is CC(C)c1cc(-c2ccccc2)cc(-c2ccc3oc4cccc(-c5nc(-c6ccccc6)nc(-c6ccc(-c7ccccc7)cc6)n5)c4c3c2)c1. The van der Waals surface area contributed by atoms with Crippen molar-refractivity contribution >= 4 is 21.9 Å². The Labute approximate surface area is 303 Å². The van der Waals surface area contributed by atoms with Crippen LogP contribution in [0.25, 0.3) is 89.5 Å². The quantitative estimate of drug-likeness (QED) is 0.169. The lowest BCUT2D eigenvalue weighted by Gasteiger charge is -2.13. The second-order valence-electron chi connectivity index (χ2n) is 13.5. The summed E-state index contributed by atoms with van der Waals surface area (Å²) in [5.41, 5.74) is 12.7. The van der Waals surface area contributed by atoms with E-state index in [4.69, 9.17) is 19.4 Å². The molecule has 0 bridgehead atoms. The Kier molecular flexibility index (Phi) is 7.98. The zero-order valence-electron chi connectivity index (χ0n) is 29.0. The molecule has 9 aromatic rings. The number of hydrogen-bond acceptors (Lipinski definition) is 4. The molecule has 2 aromatic heterocycles. The number of fused-ring (bicyclic) bond motifs is 3. The minimum Gasteiger partial charge on any atom is -0.456 e. The van der Waals surface area contributed by atoms with E-state index in [-0.39, 0.29) is 0 Å². The third kappa shape index (κ3) is 5.95. The van der Waals surface area contributed by atoms with Crippen molar-refractivity contribution < 1.29 is 4.42 Å². The normalized spacial score (nSPS) is 11.4. The molecule has 0 saturated carbocycles. The lowest BCUT2D eigenvalue weighted by molar-refractivity contribution is 0.669. The zero-order valence-corrected chi connectivity index (χ0v) is 29.0. The van der Waals surface area contributed by atoms with E-state index in [1.807, 2.05) is 48.5 Å². The van der Waals surface area contributed by atoms with Gasteiger partial charge in [-0.25, -0.2) is 15.0 Å². The van der Waals surface area contributed by atoms with E-state index < -0.39 is 0 Å². The number of benzene rings is 7. The number of aromatic nitrogens is 3. The number of rotatable bonds is 7. The van der Waals surface area contributed by atoms with Crippen molar-refractivity contribution in [3.8, 4) is 67.5 Å². The summed E-state index contributed by atoms with van der Waals surface area (Å²) < 4.78 is 6.47. The Morgan fingerprint density at radius 2 is 0.885 bits per heavy atom. The minimum absolute atomic E-state index is 0.388. The van der Waals surface area contributed by atoms with E-state index in [2.05, 4.69) is 135 Å². The standard InChI is InChI=1S/C48H35N3O/c1-31(2)38-27-39(33-15-8-4-9-16-33)29-40(28-38)37-25-26-43-42(30-37)45-41(19-12-20-44(45)52-43)48-50-46(35-17-10-5-11-18-35)49-47(51-48)36-23-21-34(22-24-36)32-13-6-3-7-14-32/h3-31H,1-2H3. The molecule has 0 radical (unpaired) electrons. The molecule has 0 amide bonds. The monoisotopic (exact) mass is 669 g/mol. The highest BCUT2D eigenvalue weighted by Crippen LogP contribution is 2.39. The van der Waals surface area contributed by atoms with Crippen molar-refractivity contribution in [1.82, 2.24) is 15.0 Å². The summed E-state index contributed by atoms with van der Waals surface area (Å²) >= 11 is 0. The van der Waals surface area contributed by atoms with E-state index in [9.17, 15) is 0 Å². The third-order valence-corrected chi connectivity index (χ3v) is 9.72. The molecule has 2 heterocycles. The molecule has 0 N–H and O–H groups in total. The van der Waals surface area contributed by atoms with Gasteiger partial charge in [-0.2, -0.15) is 0 Å². The van der Waals surface area contributed by atoms with Crippen LogP contribution in [-0.4, -0.2) is 15.0 Å². The van der Waals surface area contributed by atoms with Gasteiger partial charge in [-0.1, -0.05) is 159 Å². The molecule has 0 saturated heterocycles. The summed E-state index contributed by atoms with van der Waals surface area (Å²) in [7, 11) is 0. The fourth-order valence-corrected chi connectivity index (χ4v) is 6.93. The maximum Gasteiger partial charge on any atom is 0.164 e. The lowest BCUT2D eigenvalue weighted by Crippen LogP contribution is -2.00. The lowest BCUT2D eigenvalue weighted by atomic mass is 9.91. The molecular formula is C48H35N3O. The third-order valence-electron chi connectivity index (χ3n) is 9.72. The summed E-state index contributed by atoms with van der Waals surface area (Å²) in [6.07, 6.45) is 0. The second-order valence-corrected chi connectivity index (χ2v) is 13.5. The average Bonchev–Trinajstić information content (AvgIpc) is 3.60. The van der Waals surface area contributed by atoms with E-state index in [1.54, 1.807) is 0 Å². The largest absolute Gasteiger partial charge is 0.456 e. The molecule has 4 heteroatoms. The molecule has 0 aliphatic carbocycles. The Morgan fingerprint density at radius 1 is 0.385 bits per heavy atom. The number of nitrogens with zero attached hydrogens (tertiary/aromatic N) is 3. The first-order valence-electron chi connectivity index (χ1n) is 17.7. The Hall–Kier alpha value is -6.65. The topological polar surface area (TPSA) is 51.8 Å². The van der Waals surface area contributed by atoms with Crippen LogP contribution in [0.2, 0.25) is 0 Å².